The fourth-order valence-electron chi connectivity index (χ4n) is 2.41. The maximum atomic E-state index is 13.3. The van der Waals surface area contributed by atoms with Crippen LogP contribution in [-0.4, -0.2) is 5.91 Å². The Morgan fingerprint density at radius 3 is 2.65 bits per heavy atom. The Balaban J connectivity index is 1.74. The summed E-state index contributed by atoms with van der Waals surface area (Å²) in [6.45, 7) is 2.01. The largest absolute Gasteiger partial charge is 0.459 e. The van der Waals surface area contributed by atoms with Gasteiger partial charge in [0.15, 0.2) is 5.76 Å². The van der Waals surface area contributed by atoms with Crippen molar-refractivity contribution >= 4 is 5.91 Å². The third kappa shape index (κ3) is 3.31. The number of benzene rings is 2. The van der Waals surface area contributed by atoms with Crippen LogP contribution in [0.5, 0.6) is 0 Å². The summed E-state index contributed by atoms with van der Waals surface area (Å²) < 4.78 is 18.6. The smallest absolute Gasteiger partial charge is 0.287 e. The molecule has 116 valence electrons. The summed E-state index contributed by atoms with van der Waals surface area (Å²) in [5, 5.41) is 2.80. The first-order chi connectivity index (χ1) is 11.1. The van der Waals surface area contributed by atoms with E-state index in [4.69, 9.17) is 4.42 Å². The second-order valence-electron chi connectivity index (χ2n) is 5.30. The lowest BCUT2D eigenvalue weighted by Crippen LogP contribution is -2.22. The van der Waals surface area contributed by atoms with Crippen LogP contribution in [0.15, 0.2) is 65.3 Å². The van der Waals surface area contributed by atoms with Crippen molar-refractivity contribution < 1.29 is 13.6 Å². The highest BCUT2D eigenvalue weighted by Gasteiger charge is 2.16. The average molecular weight is 309 g/mol. The lowest BCUT2D eigenvalue weighted by molar-refractivity contribution is 0.0924. The van der Waals surface area contributed by atoms with Gasteiger partial charge < -0.3 is 9.73 Å². The molecule has 4 heteroatoms. The Morgan fingerprint density at radius 2 is 1.91 bits per heavy atom. The molecule has 0 atom stereocenters. The molecule has 0 bridgehead atoms. The van der Waals surface area contributed by atoms with Gasteiger partial charge in [0.1, 0.15) is 5.82 Å². The molecule has 23 heavy (non-hydrogen) atoms. The van der Waals surface area contributed by atoms with Crippen LogP contribution in [0.1, 0.15) is 21.7 Å². The van der Waals surface area contributed by atoms with E-state index in [2.05, 4.69) is 5.32 Å². The number of carbonyl (C=O) groups is 1. The monoisotopic (exact) mass is 309 g/mol. The zero-order valence-electron chi connectivity index (χ0n) is 12.7. The normalized spacial score (nSPS) is 10.5. The highest BCUT2D eigenvalue weighted by molar-refractivity contribution is 5.98. The number of aryl methyl sites for hydroxylation is 1. The number of nitrogens with one attached hydrogen (secondary N) is 1. The predicted molar refractivity (Wildman–Crippen MR) is 86.5 cm³/mol. The molecule has 0 unspecified atom stereocenters. The summed E-state index contributed by atoms with van der Waals surface area (Å²) in [5.41, 5.74) is 3.06. The van der Waals surface area contributed by atoms with Crippen molar-refractivity contribution in [1.82, 2.24) is 5.32 Å². The molecule has 3 nitrogen and oxygen atoms in total. The van der Waals surface area contributed by atoms with Gasteiger partial charge in [-0.15, -0.1) is 0 Å². The molecule has 0 radical (unpaired) electrons. The number of amides is 1. The SMILES string of the molecule is Cc1cc(CNC(=O)c2occc2-c2ccccc2)ccc1F. The number of rotatable bonds is 4. The summed E-state index contributed by atoms with van der Waals surface area (Å²) in [4.78, 5) is 12.3. The second kappa shape index (κ2) is 6.48. The van der Waals surface area contributed by atoms with E-state index in [0.29, 0.717) is 12.1 Å². The Labute approximate surface area is 133 Å². The maximum Gasteiger partial charge on any atom is 0.287 e. The number of furan rings is 1. The molecule has 1 heterocycles. The molecule has 3 rings (SSSR count). The molecular weight excluding hydrogens is 293 g/mol. The zero-order valence-corrected chi connectivity index (χ0v) is 12.7. The first kappa shape index (κ1) is 15.0. The lowest BCUT2D eigenvalue weighted by Gasteiger charge is -2.07. The quantitative estimate of drug-likeness (QED) is 0.779. The van der Waals surface area contributed by atoms with E-state index in [0.717, 1.165) is 16.7 Å². The van der Waals surface area contributed by atoms with Crippen LogP contribution in [0.2, 0.25) is 0 Å². The second-order valence-corrected chi connectivity index (χ2v) is 5.30. The summed E-state index contributed by atoms with van der Waals surface area (Å²) in [5.74, 6) is -0.275. The van der Waals surface area contributed by atoms with Crippen LogP contribution >= 0.6 is 0 Å². The Kier molecular flexibility index (Phi) is 4.24. The van der Waals surface area contributed by atoms with Gasteiger partial charge in [-0.2, -0.15) is 0 Å². The highest BCUT2D eigenvalue weighted by atomic mass is 19.1. The molecule has 0 fully saturated rings. The summed E-state index contributed by atoms with van der Waals surface area (Å²) in [7, 11) is 0. The van der Waals surface area contributed by atoms with Gasteiger partial charge in [-0.25, -0.2) is 4.39 Å². The molecule has 0 aliphatic rings. The van der Waals surface area contributed by atoms with Crippen molar-refractivity contribution in [2.24, 2.45) is 0 Å². The van der Waals surface area contributed by atoms with E-state index < -0.39 is 0 Å². The van der Waals surface area contributed by atoms with Gasteiger partial charge in [0.25, 0.3) is 5.91 Å². The average Bonchev–Trinajstić information content (AvgIpc) is 3.06. The van der Waals surface area contributed by atoms with Gasteiger partial charge in [-0.05, 0) is 35.7 Å². The van der Waals surface area contributed by atoms with E-state index in [1.165, 1.54) is 12.3 Å². The van der Waals surface area contributed by atoms with Crippen molar-refractivity contribution in [3.63, 3.8) is 0 Å². The Morgan fingerprint density at radius 1 is 1.13 bits per heavy atom. The first-order valence-corrected chi connectivity index (χ1v) is 7.31. The Bertz CT molecular complexity index is 824. The topological polar surface area (TPSA) is 42.2 Å². The third-order valence-corrected chi connectivity index (χ3v) is 3.63. The first-order valence-electron chi connectivity index (χ1n) is 7.31. The van der Waals surface area contributed by atoms with Crippen molar-refractivity contribution in [2.75, 3.05) is 0 Å². The van der Waals surface area contributed by atoms with Crippen LogP contribution < -0.4 is 5.32 Å². The van der Waals surface area contributed by atoms with Gasteiger partial charge in [-0.1, -0.05) is 42.5 Å². The third-order valence-electron chi connectivity index (χ3n) is 3.63. The number of hydrogen-bond acceptors (Lipinski definition) is 2. The standard InChI is InChI=1S/C19H16FNO2/c1-13-11-14(7-8-17(13)20)12-21-19(22)18-16(9-10-23-18)15-5-3-2-4-6-15/h2-11H,12H2,1H3,(H,21,22). The van der Waals surface area contributed by atoms with Crippen molar-refractivity contribution in [1.29, 1.82) is 0 Å². The van der Waals surface area contributed by atoms with E-state index in [1.54, 1.807) is 25.1 Å². The fourth-order valence-corrected chi connectivity index (χ4v) is 2.41. The van der Waals surface area contributed by atoms with E-state index >= 15 is 0 Å². The molecule has 2 aromatic carbocycles. The van der Waals surface area contributed by atoms with Gasteiger partial charge in [0.2, 0.25) is 0 Å². The van der Waals surface area contributed by atoms with Crippen LogP contribution in [0.3, 0.4) is 0 Å². The van der Waals surface area contributed by atoms with Gasteiger partial charge in [-0.3, -0.25) is 4.79 Å². The lowest BCUT2D eigenvalue weighted by atomic mass is 10.1. The van der Waals surface area contributed by atoms with Gasteiger partial charge >= 0.3 is 0 Å². The molecule has 1 amide bonds. The molecule has 1 aromatic heterocycles. The summed E-state index contributed by atoms with van der Waals surface area (Å²) >= 11 is 0. The van der Waals surface area contributed by atoms with E-state index in [1.807, 2.05) is 30.3 Å². The van der Waals surface area contributed by atoms with Crippen LogP contribution in [0.4, 0.5) is 4.39 Å². The zero-order chi connectivity index (χ0) is 16.2. The molecule has 1 N–H and O–H groups in total. The van der Waals surface area contributed by atoms with Crippen LogP contribution in [0.25, 0.3) is 11.1 Å². The molecule has 0 aliphatic carbocycles. The molecule has 0 spiro atoms. The Hall–Kier alpha value is -2.88. The van der Waals surface area contributed by atoms with Crippen molar-refractivity contribution in [3.05, 3.63) is 83.6 Å². The maximum absolute atomic E-state index is 13.3. The minimum absolute atomic E-state index is 0.252. The highest BCUT2D eigenvalue weighted by Crippen LogP contribution is 2.24. The summed E-state index contributed by atoms with van der Waals surface area (Å²) in [6, 6.07) is 16.1. The summed E-state index contributed by atoms with van der Waals surface area (Å²) in [6.07, 6.45) is 1.50. The molecule has 3 aromatic rings. The number of hydrogen-bond donors (Lipinski definition) is 1. The minimum Gasteiger partial charge on any atom is -0.459 e. The predicted octanol–water partition coefficient (Wildman–Crippen LogP) is 4.32. The molecular formula is C19H16FNO2. The van der Waals surface area contributed by atoms with Crippen LogP contribution in [0, 0.1) is 12.7 Å². The van der Waals surface area contributed by atoms with E-state index in [9.17, 15) is 9.18 Å². The molecule has 0 saturated heterocycles. The van der Waals surface area contributed by atoms with Crippen molar-refractivity contribution in [3.8, 4) is 11.1 Å². The molecule has 0 saturated carbocycles. The number of carbonyl (C=O) groups excluding carboxylic acids is 1. The fraction of sp³-hybridized carbons (Fsp3) is 0.105. The van der Waals surface area contributed by atoms with E-state index in [-0.39, 0.29) is 17.5 Å². The number of halogens is 1. The van der Waals surface area contributed by atoms with Crippen molar-refractivity contribution in [2.45, 2.75) is 13.5 Å². The van der Waals surface area contributed by atoms with Crippen LogP contribution in [-0.2, 0) is 6.54 Å². The van der Waals surface area contributed by atoms with Gasteiger partial charge in [0, 0.05) is 12.1 Å². The molecule has 0 aliphatic heterocycles. The minimum atomic E-state index is -0.296. The van der Waals surface area contributed by atoms with Gasteiger partial charge in [0.05, 0.1) is 6.26 Å².